The van der Waals surface area contributed by atoms with E-state index in [4.69, 9.17) is 27.9 Å². The second kappa shape index (κ2) is 13.5. The van der Waals surface area contributed by atoms with E-state index < -0.39 is 0 Å². The Balaban J connectivity index is 0.00000312. The molecule has 0 aliphatic heterocycles. The first kappa shape index (κ1) is 25.3. The lowest BCUT2D eigenvalue weighted by molar-refractivity contribution is 0.306. The van der Waals surface area contributed by atoms with Crippen molar-refractivity contribution in [1.82, 2.24) is 10.2 Å². The fourth-order valence-electron chi connectivity index (χ4n) is 2.34. The van der Waals surface area contributed by atoms with Crippen LogP contribution < -0.4 is 10.1 Å². The van der Waals surface area contributed by atoms with E-state index >= 15 is 0 Å². The van der Waals surface area contributed by atoms with E-state index in [9.17, 15) is 0 Å². The molecule has 0 aliphatic carbocycles. The normalized spacial score (nSPS) is 10.2. The molecule has 0 bridgehead atoms. The molecule has 3 nitrogen and oxygen atoms in total. The predicted molar refractivity (Wildman–Crippen MR) is 117 cm³/mol. The Bertz CT molecular complexity index is 616. The van der Waals surface area contributed by atoms with E-state index in [0.717, 1.165) is 37.2 Å². The minimum Gasteiger partial charge on any atom is -0.486 e. The van der Waals surface area contributed by atoms with Gasteiger partial charge in [-0.15, -0.1) is 24.8 Å². The number of benzene rings is 2. The number of rotatable bonds is 9. The highest BCUT2D eigenvalue weighted by Gasteiger charge is 2.10. The molecule has 0 unspecified atom stereocenters. The third-order valence-electron chi connectivity index (χ3n) is 3.57. The van der Waals surface area contributed by atoms with Crippen LogP contribution in [0.5, 0.6) is 5.75 Å². The number of hydrogen-bond acceptors (Lipinski definition) is 3. The van der Waals surface area contributed by atoms with Crippen molar-refractivity contribution in [2.75, 3.05) is 27.2 Å². The molecule has 7 heteroatoms. The highest BCUT2D eigenvalue weighted by Crippen LogP contribution is 2.34. The van der Waals surface area contributed by atoms with Gasteiger partial charge >= 0.3 is 0 Å². The summed E-state index contributed by atoms with van der Waals surface area (Å²) in [4.78, 5) is 2.17. The lowest BCUT2D eigenvalue weighted by Crippen LogP contribution is -2.21. The third-order valence-corrected chi connectivity index (χ3v) is 4.13. The van der Waals surface area contributed by atoms with Crippen LogP contribution in [0.1, 0.15) is 17.5 Å². The lowest BCUT2D eigenvalue weighted by atomic mass is 10.2. The summed E-state index contributed by atoms with van der Waals surface area (Å²) in [7, 11) is 4.15. The van der Waals surface area contributed by atoms with Gasteiger partial charge in [-0.2, -0.15) is 0 Å². The SMILES string of the molecule is CN(C)CCCNCc1cc(Cl)c(OCc2ccccc2)c(Cl)c1.Cl.Cl. The van der Waals surface area contributed by atoms with Crippen molar-refractivity contribution >= 4 is 48.0 Å². The Labute approximate surface area is 178 Å². The first-order valence-corrected chi connectivity index (χ1v) is 8.82. The molecule has 0 amide bonds. The molecule has 0 saturated carbocycles. The zero-order valence-electron chi connectivity index (χ0n) is 15.0. The molecule has 146 valence electrons. The van der Waals surface area contributed by atoms with E-state index in [1.165, 1.54) is 0 Å². The fraction of sp³-hybridized carbons (Fsp3) is 0.368. The maximum absolute atomic E-state index is 6.34. The van der Waals surface area contributed by atoms with E-state index in [1.54, 1.807) is 0 Å². The van der Waals surface area contributed by atoms with Gasteiger partial charge in [-0.1, -0.05) is 53.5 Å². The van der Waals surface area contributed by atoms with E-state index in [0.29, 0.717) is 22.4 Å². The lowest BCUT2D eigenvalue weighted by Gasteiger charge is -2.13. The molecule has 2 aromatic carbocycles. The van der Waals surface area contributed by atoms with Gasteiger partial charge in [-0.25, -0.2) is 0 Å². The van der Waals surface area contributed by atoms with Crippen LogP contribution in [0.3, 0.4) is 0 Å². The quantitative estimate of drug-likeness (QED) is 0.525. The van der Waals surface area contributed by atoms with Gasteiger partial charge in [-0.3, -0.25) is 0 Å². The van der Waals surface area contributed by atoms with Gasteiger partial charge in [0.15, 0.2) is 5.75 Å². The Kier molecular flexibility index (Phi) is 13.1. The number of ether oxygens (including phenoxy) is 1. The number of nitrogens with one attached hydrogen (secondary N) is 1. The molecule has 0 heterocycles. The molecule has 0 aliphatic rings. The van der Waals surface area contributed by atoms with Gasteiger partial charge in [0.1, 0.15) is 6.61 Å². The molecule has 26 heavy (non-hydrogen) atoms. The summed E-state index contributed by atoms with van der Waals surface area (Å²) in [5, 5.41) is 4.49. The first-order valence-electron chi connectivity index (χ1n) is 8.06. The van der Waals surface area contributed by atoms with Crippen molar-refractivity contribution in [3.8, 4) is 5.75 Å². The van der Waals surface area contributed by atoms with Crippen molar-refractivity contribution in [3.05, 3.63) is 63.6 Å². The predicted octanol–water partition coefficient (Wildman–Crippen LogP) is 5.46. The smallest absolute Gasteiger partial charge is 0.156 e. The van der Waals surface area contributed by atoms with Crippen LogP contribution >= 0.6 is 48.0 Å². The fourth-order valence-corrected chi connectivity index (χ4v) is 2.98. The largest absolute Gasteiger partial charge is 0.486 e. The first-order chi connectivity index (χ1) is 11.6. The van der Waals surface area contributed by atoms with Gasteiger partial charge in [0.2, 0.25) is 0 Å². The van der Waals surface area contributed by atoms with Crippen LogP contribution in [0.25, 0.3) is 0 Å². The summed E-state index contributed by atoms with van der Waals surface area (Å²) in [5.74, 6) is 0.540. The molecule has 0 spiro atoms. The zero-order valence-corrected chi connectivity index (χ0v) is 18.1. The summed E-state index contributed by atoms with van der Waals surface area (Å²) in [5.41, 5.74) is 2.14. The van der Waals surface area contributed by atoms with E-state index in [-0.39, 0.29) is 24.8 Å². The summed E-state index contributed by atoms with van der Waals surface area (Å²) in [6.45, 7) is 3.22. The number of nitrogens with zero attached hydrogens (tertiary/aromatic N) is 1. The Morgan fingerprint density at radius 3 is 2.15 bits per heavy atom. The molecule has 0 radical (unpaired) electrons. The minimum absolute atomic E-state index is 0. The van der Waals surface area contributed by atoms with Crippen molar-refractivity contribution in [1.29, 1.82) is 0 Å². The minimum atomic E-state index is 0. The van der Waals surface area contributed by atoms with Gasteiger partial charge in [0, 0.05) is 6.54 Å². The summed E-state index contributed by atoms with van der Waals surface area (Å²) in [6, 6.07) is 13.8. The Morgan fingerprint density at radius 1 is 0.962 bits per heavy atom. The number of hydrogen-bond donors (Lipinski definition) is 1. The zero-order chi connectivity index (χ0) is 17.4. The van der Waals surface area contributed by atoms with Crippen molar-refractivity contribution in [2.24, 2.45) is 0 Å². The van der Waals surface area contributed by atoms with Gasteiger partial charge in [-0.05, 0) is 56.9 Å². The van der Waals surface area contributed by atoms with Crippen LogP contribution in [-0.4, -0.2) is 32.1 Å². The van der Waals surface area contributed by atoms with Crippen molar-refractivity contribution < 1.29 is 4.74 Å². The highest BCUT2D eigenvalue weighted by molar-refractivity contribution is 6.37. The molecule has 0 aromatic heterocycles. The average Bonchev–Trinajstić information content (AvgIpc) is 2.54. The average molecular weight is 440 g/mol. The molecule has 0 saturated heterocycles. The molecular weight excluding hydrogens is 414 g/mol. The Hall–Kier alpha value is -0.680. The second-order valence-electron chi connectivity index (χ2n) is 6.00. The van der Waals surface area contributed by atoms with Crippen LogP contribution in [-0.2, 0) is 13.2 Å². The van der Waals surface area contributed by atoms with Crippen molar-refractivity contribution in [3.63, 3.8) is 0 Å². The van der Waals surface area contributed by atoms with Gasteiger partial charge < -0.3 is 15.0 Å². The maximum Gasteiger partial charge on any atom is 0.156 e. The third kappa shape index (κ3) is 8.81. The van der Waals surface area contributed by atoms with Crippen LogP contribution in [0, 0.1) is 0 Å². The second-order valence-corrected chi connectivity index (χ2v) is 6.81. The summed E-state index contributed by atoms with van der Waals surface area (Å²) in [6.07, 6.45) is 1.10. The highest BCUT2D eigenvalue weighted by atomic mass is 35.5. The van der Waals surface area contributed by atoms with Gasteiger partial charge in [0.05, 0.1) is 10.0 Å². The number of halogens is 4. The molecular formula is C19H26Cl4N2O. The van der Waals surface area contributed by atoms with Crippen LogP contribution in [0.4, 0.5) is 0 Å². The summed E-state index contributed by atoms with van der Waals surface area (Å²) < 4.78 is 5.79. The monoisotopic (exact) mass is 438 g/mol. The maximum atomic E-state index is 6.34. The van der Waals surface area contributed by atoms with E-state index in [2.05, 4.69) is 24.3 Å². The molecule has 0 fully saturated rings. The molecule has 2 aromatic rings. The molecule has 2 rings (SSSR count). The van der Waals surface area contributed by atoms with Crippen molar-refractivity contribution in [2.45, 2.75) is 19.6 Å². The van der Waals surface area contributed by atoms with Gasteiger partial charge in [0.25, 0.3) is 0 Å². The van der Waals surface area contributed by atoms with E-state index in [1.807, 2.05) is 42.5 Å². The van der Waals surface area contributed by atoms with Crippen LogP contribution in [0.2, 0.25) is 10.0 Å². The summed E-state index contributed by atoms with van der Waals surface area (Å²) >= 11 is 12.7. The molecule has 0 atom stereocenters. The standard InChI is InChI=1S/C19H24Cl2N2O.2ClH/c1-23(2)10-6-9-22-13-16-11-17(20)19(18(21)12-16)24-14-15-7-4-3-5-8-15;;/h3-5,7-8,11-12,22H,6,9-10,13-14H2,1-2H3;2*1H. The van der Waals surface area contributed by atoms with Crippen LogP contribution in [0.15, 0.2) is 42.5 Å². The topological polar surface area (TPSA) is 24.5 Å². The molecule has 1 N–H and O–H groups in total. The Morgan fingerprint density at radius 2 is 1.58 bits per heavy atom.